The van der Waals surface area contributed by atoms with Crippen LogP contribution in [-0.4, -0.2) is 31.5 Å². The van der Waals surface area contributed by atoms with E-state index in [1.165, 1.54) is 7.11 Å². The Kier molecular flexibility index (Phi) is 4.78. The Morgan fingerprint density at radius 3 is 2.68 bits per heavy atom. The number of rotatable bonds is 6. The molecule has 0 saturated carbocycles. The summed E-state index contributed by atoms with van der Waals surface area (Å²) in [6, 6.07) is 9.08. The molecule has 132 valence electrons. The second-order valence-electron chi connectivity index (χ2n) is 6.00. The van der Waals surface area contributed by atoms with Gasteiger partial charge in [-0.1, -0.05) is 6.07 Å². The van der Waals surface area contributed by atoms with Gasteiger partial charge < -0.3 is 9.14 Å². The molecule has 0 bridgehead atoms. The first-order chi connectivity index (χ1) is 11.9. The van der Waals surface area contributed by atoms with Crippen molar-refractivity contribution in [2.75, 3.05) is 13.7 Å². The van der Waals surface area contributed by atoms with Gasteiger partial charge in [0.2, 0.25) is 10.0 Å². The van der Waals surface area contributed by atoms with Crippen molar-refractivity contribution in [3.63, 3.8) is 0 Å². The van der Waals surface area contributed by atoms with E-state index in [1.807, 2.05) is 48.8 Å². The van der Waals surface area contributed by atoms with Crippen molar-refractivity contribution in [1.29, 1.82) is 0 Å². The number of pyridine rings is 1. The van der Waals surface area contributed by atoms with Gasteiger partial charge in [0.05, 0.1) is 12.8 Å². The van der Waals surface area contributed by atoms with Gasteiger partial charge in [0, 0.05) is 25.4 Å². The minimum atomic E-state index is -3.64. The first kappa shape index (κ1) is 17.4. The van der Waals surface area contributed by atoms with Crippen LogP contribution >= 0.6 is 0 Å². The number of aromatic nitrogens is 2. The number of aryl methyl sites for hydroxylation is 2. The van der Waals surface area contributed by atoms with Gasteiger partial charge in [-0.3, -0.25) is 0 Å². The molecule has 0 fully saturated rings. The van der Waals surface area contributed by atoms with Crippen LogP contribution in [0.15, 0.2) is 47.6 Å². The van der Waals surface area contributed by atoms with Gasteiger partial charge in [-0.25, -0.2) is 18.1 Å². The smallest absolute Gasteiger partial charge is 0.244 e. The summed E-state index contributed by atoms with van der Waals surface area (Å²) in [5.41, 5.74) is 3.69. The van der Waals surface area contributed by atoms with E-state index in [1.54, 1.807) is 12.1 Å². The number of methoxy groups -OCH3 is 1. The molecule has 3 rings (SSSR count). The number of benzene rings is 1. The Hall–Kier alpha value is -2.38. The average Bonchev–Trinajstić information content (AvgIpc) is 2.96. The molecule has 25 heavy (non-hydrogen) atoms. The zero-order valence-electron chi connectivity index (χ0n) is 14.5. The molecule has 0 saturated heterocycles. The fourth-order valence-corrected chi connectivity index (χ4v) is 3.93. The van der Waals surface area contributed by atoms with Crippen molar-refractivity contribution in [2.45, 2.75) is 25.2 Å². The second-order valence-corrected chi connectivity index (χ2v) is 7.74. The van der Waals surface area contributed by atoms with Crippen molar-refractivity contribution >= 4 is 15.7 Å². The van der Waals surface area contributed by atoms with E-state index < -0.39 is 10.0 Å². The molecule has 0 amide bonds. The second kappa shape index (κ2) is 6.85. The van der Waals surface area contributed by atoms with Crippen LogP contribution < -0.4 is 9.46 Å². The molecule has 0 atom stereocenters. The summed E-state index contributed by atoms with van der Waals surface area (Å²) < 4.78 is 34.8. The predicted molar refractivity (Wildman–Crippen MR) is 96.6 cm³/mol. The van der Waals surface area contributed by atoms with Crippen LogP contribution in [0.4, 0.5) is 0 Å². The lowest BCUT2D eigenvalue weighted by Gasteiger charge is -2.11. The fourth-order valence-electron chi connectivity index (χ4n) is 2.64. The first-order valence-corrected chi connectivity index (χ1v) is 9.46. The molecule has 1 N–H and O–H groups in total. The Balaban J connectivity index is 1.72. The third kappa shape index (κ3) is 3.83. The minimum Gasteiger partial charge on any atom is -0.495 e. The van der Waals surface area contributed by atoms with Crippen LogP contribution in [-0.2, 0) is 16.4 Å². The summed E-state index contributed by atoms with van der Waals surface area (Å²) in [6.45, 7) is 4.12. The molecule has 0 aliphatic rings. The van der Waals surface area contributed by atoms with E-state index in [2.05, 4.69) is 9.71 Å². The SMILES string of the molecule is COc1ccc(C)cc1S(=O)(=O)NCCc1cn2ccc(C)cc2n1. The van der Waals surface area contributed by atoms with E-state index >= 15 is 0 Å². The van der Waals surface area contributed by atoms with Crippen LogP contribution in [0.25, 0.3) is 5.65 Å². The van der Waals surface area contributed by atoms with Crippen molar-refractivity contribution in [3.8, 4) is 5.75 Å². The summed E-state index contributed by atoms with van der Waals surface area (Å²) in [5, 5.41) is 0. The predicted octanol–water partition coefficient (Wildman–Crippen LogP) is 2.48. The molecule has 7 heteroatoms. The fraction of sp³-hybridized carbons (Fsp3) is 0.278. The molecule has 2 aromatic heterocycles. The number of imidazole rings is 1. The van der Waals surface area contributed by atoms with E-state index in [0.29, 0.717) is 12.2 Å². The minimum absolute atomic E-state index is 0.153. The van der Waals surface area contributed by atoms with Crippen LogP contribution in [0.1, 0.15) is 16.8 Å². The lowest BCUT2D eigenvalue weighted by atomic mass is 10.2. The van der Waals surface area contributed by atoms with E-state index in [0.717, 1.165) is 22.5 Å². The Bertz CT molecular complexity index is 1010. The highest BCUT2D eigenvalue weighted by Gasteiger charge is 2.19. The van der Waals surface area contributed by atoms with Crippen LogP contribution in [0.3, 0.4) is 0 Å². The Morgan fingerprint density at radius 1 is 1.16 bits per heavy atom. The number of ether oxygens (including phenoxy) is 1. The molecule has 0 aliphatic heterocycles. The monoisotopic (exact) mass is 359 g/mol. The number of fused-ring (bicyclic) bond motifs is 1. The lowest BCUT2D eigenvalue weighted by molar-refractivity contribution is 0.402. The van der Waals surface area contributed by atoms with Crippen LogP contribution in [0.5, 0.6) is 5.75 Å². The molecular weight excluding hydrogens is 338 g/mol. The van der Waals surface area contributed by atoms with Gasteiger partial charge >= 0.3 is 0 Å². The highest BCUT2D eigenvalue weighted by atomic mass is 32.2. The summed E-state index contributed by atoms with van der Waals surface area (Å²) in [5.74, 6) is 0.335. The molecule has 2 heterocycles. The number of nitrogens with one attached hydrogen (secondary N) is 1. The Morgan fingerprint density at radius 2 is 1.92 bits per heavy atom. The maximum atomic E-state index is 12.6. The normalized spacial score (nSPS) is 11.8. The zero-order chi connectivity index (χ0) is 18.0. The van der Waals surface area contributed by atoms with Crippen molar-refractivity contribution < 1.29 is 13.2 Å². The summed E-state index contributed by atoms with van der Waals surface area (Å²) >= 11 is 0. The van der Waals surface area contributed by atoms with Gasteiger partial charge in [0.25, 0.3) is 0 Å². The maximum absolute atomic E-state index is 12.6. The third-order valence-corrected chi connectivity index (χ3v) is 5.43. The highest BCUT2D eigenvalue weighted by molar-refractivity contribution is 7.89. The number of nitrogens with zero attached hydrogens (tertiary/aromatic N) is 2. The van der Waals surface area contributed by atoms with Gasteiger partial charge in [-0.05, 0) is 49.2 Å². The number of sulfonamides is 1. The topological polar surface area (TPSA) is 72.7 Å². The van der Waals surface area contributed by atoms with E-state index in [-0.39, 0.29) is 11.4 Å². The van der Waals surface area contributed by atoms with Gasteiger partial charge in [-0.15, -0.1) is 0 Å². The van der Waals surface area contributed by atoms with Crippen LogP contribution in [0, 0.1) is 13.8 Å². The Labute approximate surface area is 147 Å². The summed E-state index contributed by atoms with van der Waals surface area (Å²) in [6.07, 6.45) is 4.37. The molecule has 3 aromatic rings. The molecule has 0 unspecified atom stereocenters. The third-order valence-electron chi connectivity index (χ3n) is 3.95. The van der Waals surface area contributed by atoms with Gasteiger partial charge in [0.15, 0.2) is 0 Å². The molecule has 0 aliphatic carbocycles. The highest BCUT2D eigenvalue weighted by Crippen LogP contribution is 2.24. The van der Waals surface area contributed by atoms with Gasteiger partial charge in [-0.2, -0.15) is 0 Å². The van der Waals surface area contributed by atoms with Gasteiger partial charge in [0.1, 0.15) is 16.3 Å². The summed E-state index contributed by atoms with van der Waals surface area (Å²) in [7, 11) is -2.18. The van der Waals surface area contributed by atoms with Crippen molar-refractivity contribution in [3.05, 3.63) is 59.5 Å². The number of hydrogen-bond donors (Lipinski definition) is 1. The molecule has 0 spiro atoms. The molecule has 0 radical (unpaired) electrons. The van der Waals surface area contributed by atoms with Crippen LogP contribution in [0.2, 0.25) is 0 Å². The average molecular weight is 359 g/mol. The lowest BCUT2D eigenvalue weighted by Crippen LogP contribution is -2.26. The van der Waals surface area contributed by atoms with Crippen molar-refractivity contribution in [2.24, 2.45) is 0 Å². The van der Waals surface area contributed by atoms with E-state index in [9.17, 15) is 8.42 Å². The number of hydrogen-bond acceptors (Lipinski definition) is 4. The molecule has 6 nitrogen and oxygen atoms in total. The quantitative estimate of drug-likeness (QED) is 0.734. The first-order valence-electron chi connectivity index (χ1n) is 7.97. The standard InChI is InChI=1S/C18H21N3O3S/c1-13-4-5-16(24-3)17(10-13)25(22,23)19-8-6-15-12-21-9-7-14(2)11-18(21)20-15/h4-5,7,9-12,19H,6,8H2,1-3H3. The summed E-state index contributed by atoms with van der Waals surface area (Å²) in [4.78, 5) is 4.67. The zero-order valence-corrected chi connectivity index (χ0v) is 15.3. The largest absolute Gasteiger partial charge is 0.495 e. The molecular formula is C18H21N3O3S. The molecule has 1 aromatic carbocycles. The maximum Gasteiger partial charge on any atom is 0.244 e. The van der Waals surface area contributed by atoms with Crippen molar-refractivity contribution in [1.82, 2.24) is 14.1 Å². The van der Waals surface area contributed by atoms with E-state index in [4.69, 9.17) is 4.74 Å².